The Balaban J connectivity index is 2.21. The third-order valence-electron chi connectivity index (χ3n) is 2.38. The lowest BCUT2D eigenvalue weighted by molar-refractivity contribution is 0.268. The zero-order valence-electron chi connectivity index (χ0n) is 9.82. The Kier molecular flexibility index (Phi) is 6.42. The summed E-state index contributed by atoms with van der Waals surface area (Å²) >= 11 is 0. The SMILES string of the molecule is COc1ccccc1OCCCCCCO. The first kappa shape index (κ1) is 12.8. The molecule has 1 N–H and O–H groups in total. The fraction of sp³-hybridized carbons (Fsp3) is 0.538. The van der Waals surface area contributed by atoms with E-state index in [9.17, 15) is 0 Å². The van der Waals surface area contributed by atoms with Crippen LogP contribution in [0, 0.1) is 0 Å². The van der Waals surface area contributed by atoms with Crippen molar-refractivity contribution in [2.45, 2.75) is 25.7 Å². The number of aliphatic hydroxyl groups is 1. The van der Waals surface area contributed by atoms with Gasteiger partial charge in [0.05, 0.1) is 13.7 Å². The van der Waals surface area contributed by atoms with Gasteiger partial charge in [0.25, 0.3) is 0 Å². The standard InChI is InChI=1S/C13H20O3/c1-15-12-8-4-5-9-13(12)16-11-7-3-2-6-10-14/h4-5,8-9,14H,2-3,6-7,10-11H2,1H3. The minimum Gasteiger partial charge on any atom is -0.493 e. The van der Waals surface area contributed by atoms with E-state index in [1.165, 1.54) is 0 Å². The molecular weight excluding hydrogens is 204 g/mol. The molecule has 1 aromatic rings. The zero-order chi connectivity index (χ0) is 11.6. The van der Waals surface area contributed by atoms with Crippen LogP contribution in [0.4, 0.5) is 0 Å². The van der Waals surface area contributed by atoms with Crippen LogP contribution in [0.2, 0.25) is 0 Å². The fourth-order valence-corrected chi connectivity index (χ4v) is 1.49. The molecule has 3 nitrogen and oxygen atoms in total. The third kappa shape index (κ3) is 4.53. The maximum absolute atomic E-state index is 8.62. The molecule has 0 saturated carbocycles. The average molecular weight is 224 g/mol. The molecule has 1 rings (SSSR count). The van der Waals surface area contributed by atoms with Gasteiger partial charge in [0.2, 0.25) is 0 Å². The number of hydrogen-bond acceptors (Lipinski definition) is 3. The Labute approximate surface area is 97.0 Å². The molecule has 0 atom stereocenters. The maximum Gasteiger partial charge on any atom is 0.161 e. The van der Waals surface area contributed by atoms with Crippen molar-refractivity contribution in [1.29, 1.82) is 0 Å². The molecule has 0 heterocycles. The van der Waals surface area contributed by atoms with Gasteiger partial charge >= 0.3 is 0 Å². The smallest absolute Gasteiger partial charge is 0.161 e. The maximum atomic E-state index is 8.62. The van der Waals surface area contributed by atoms with E-state index in [1.54, 1.807) is 7.11 Å². The van der Waals surface area contributed by atoms with Gasteiger partial charge < -0.3 is 14.6 Å². The number of ether oxygens (including phenoxy) is 2. The molecule has 0 spiro atoms. The van der Waals surface area contributed by atoms with Crippen LogP contribution < -0.4 is 9.47 Å². The highest BCUT2D eigenvalue weighted by Crippen LogP contribution is 2.25. The normalized spacial score (nSPS) is 10.1. The lowest BCUT2D eigenvalue weighted by Crippen LogP contribution is -1.99. The second kappa shape index (κ2) is 7.99. The summed E-state index contributed by atoms with van der Waals surface area (Å²) in [5.41, 5.74) is 0. The third-order valence-corrected chi connectivity index (χ3v) is 2.38. The van der Waals surface area contributed by atoms with Gasteiger partial charge in [0.1, 0.15) is 0 Å². The molecule has 0 saturated heterocycles. The van der Waals surface area contributed by atoms with Gasteiger partial charge in [-0.05, 0) is 31.4 Å². The van der Waals surface area contributed by atoms with E-state index in [-0.39, 0.29) is 6.61 Å². The van der Waals surface area contributed by atoms with Crippen LogP contribution in [0.15, 0.2) is 24.3 Å². The largest absolute Gasteiger partial charge is 0.493 e. The van der Waals surface area contributed by atoms with Crippen LogP contribution in [0.3, 0.4) is 0 Å². The first-order chi connectivity index (χ1) is 7.88. The highest BCUT2D eigenvalue weighted by atomic mass is 16.5. The molecule has 0 fully saturated rings. The van der Waals surface area contributed by atoms with E-state index in [0.717, 1.165) is 37.2 Å². The average Bonchev–Trinajstić information content (AvgIpc) is 2.34. The molecule has 0 amide bonds. The van der Waals surface area contributed by atoms with Crippen molar-refractivity contribution >= 4 is 0 Å². The first-order valence-corrected chi connectivity index (χ1v) is 5.75. The van der Waals surface area contributed by atoms with Gasteiger partial charge in [0.15, 0.2) is 11.5 Å². The fourth-order valence-electron chi connectivity index (χ4n) is 1.49. The molecule has 90 valence electrons. The Morgan fingerprint density at radius 3 is 2.38 bits per heavy atom. The summed E-state index contributed by atoms with van der Waals surface area (Å²) in [6.07, 6.45) is 4.05. The Morgan fingerprint density at radius 1 is 1.00 bits per heavy atom. The predicted molar refractivity (Wildman–Crippen MR) is 64.0 cm³/mol. The second-order valence-corrected chi connectivity index (χ2v) is 3.64. The summed E-state index contributed by atoms with van der Waals surface area (Å²) in [4.78, 5) is 0. The van der Waals surface area contributed by atoms with Crippen molar-refractivity contribution in [2.75, 3.05) is 20.3 Å². The van der Waals surface area contributed by atoms with E-state index in [1.807, 2.05) is 24.3 Å². The summed E-state index contributed by atoms with van der Waals surface area (Å²) in [6, 6.07) is 7.66. The molecular formula is C13H20O3. The van der Waals surface area contributed by atoms with Crippen LogP contribution in [0.1, 0.15) is 25.7 Å². The quantitative estimate of drug-likeness (QED) is 0.690. The molecule has 0 aliphatic heterocycles. The van der Waals surface area contributed by atoms with Crippen LogP contribution in [-0.4, -0.2) is 25.4 Å². The van der Waals surface area contributed by atoms with Gasteiger partial charge in [-0.3, -0.25) is 0 Å². The lowest BCUT2D eigenvalue weighted by Gasteiger charge is -2.09. The molecule has 0 radical (unpaired) electrons. The van der Waals surface area contributed by atoms with Gasteiger partial charge in [-0.15, -0.1) is 0 Å². The molecule has 3 heteroatoms. The molecule has 16 heavy (non-hydrogen) atoms. The van der Waals surface area contributed by atoms with Crippen molar-refractivity contribution in [2.24, 2.45) is 0 Å². The van der Waals surface area contributed by atoms with Gasteiger partial charge in [-0.1, -0.05) is 18.6 Å². The number of unbranched alkanes of at least 4 members (excludes halogenated alkanes) is 3. The topological polar surface area (TPSA) is 38.7 Å². The van der Waals surface area contributed by atoms with Gasteiger partial charge in [-0.25, -0.2) is 0 Å². The number of aliphatic hydroxyl groups excluding tert-OH is 1. The summed E-state index contributed by atoms with van der Waals surface area (Å²) in [7, 11) is 1.64. The predicted octanol–water partition coefficient (Wildman–Crippen LogP) is 2.63. The Hall–Kier alpha value is -1.22. The van der Waals surface area contributed by atoms with Crippen molar-refractivity contribution in [3.63, 3.8) is 0 Å². The minimum atomic E-state index is 0.285. The van der Waals surface area contributed by atoms with Crippen LogP contribution in [0.25, 0.3) is 0 Å². The van der Waals surface area contributed by atoms with Gasteiger partial charge in [-0.2, -0.15) is 0 Å². The summed E-state index contributed by atoms with van der Waals surface area (Å²) in [5.74, 6) is 1.57. The summed E-state index contributed by atoms with van der Waals surface area (Å²) in [5, 5.41) is 8.62. The number of hydrogen-bond donors (Lipinski definition) is 1. The van der Waals surface area contributed by atoms with Crippen LogP contribution in [0.5, 0.6) is 11.5 Å². The van der Waals surface area contributed by atoms with E-state index in [0.29, 0.717) is 6.61 Å². The van der Waals surface area contributed by atoms with E-state index in [2.05, 4.69) is 0 Å². The number of benzene rings is 1. The van der Waals surface area contributed by atoms with E-state index < -0.39 is 0 Å². The molecule has 0 aliphatic carbocycles. The van der Waals surface area contributed by atoms with Crippen LogP contribution in [-0.2, 0) is 0 Å². The molecule has 1 aromatic carbocycles. The highest BCUT2D eigenvalue weighted by molar-refractivity contribution is 5.39. The van der Waals surface area contributed by atoms with Gasteiger partial charge in [0, 0.05) is 6.61 Å². The Bertz CT molecular complexity index is 286. The second-order valence-electron chi connectivity index (χ2n) is 3.64. The molecule has 0 aliphatic rings. The number of rotatable bonds is 8. The first-order valence-electron chi connectivity index (χ1n) is 5.75. The zero-order valence-corrected chi connectivity index (χ0v) is 9.82. The lowest BCUT2D eigenvalue weighted by atomic mass is 10.2. The highest BCUT2D eigenvalue weighted by Gasteiger charge is 2.01. The Morgan fingerprint density at radius 2 is 1.69 bits per heavy atom. The monoisotopic (exact) mass is 224 g/mol. The number of para-hydroxylation sites is 2. The van der Waals surface area contributed by atoms with E-state index >= 15 is 0 Å². The number of methoxy groups -OCH3 is 1. The molecule has 0 bridgehead atoms. The summed E-state index contributed by atoms with van der Waals surface area (Å²) < 4.78 is 10.8. The van der Waals surface area contributed by atoms with Crippen molar-refractivity contribution < 1.29 is 14.6 Å². The molecule has 0 unspecified atom stereocenters. The minimum absolute atomic E-state index is 0.285. The van der Waals surface area contributed by atoms with Crippen molar-refractivity contribution in [1.82, 2.24) is 0 Å². The van der Waals surface area contributed by atoms with E-state index in [4.69, 9.17) is 14.6 Å². The van der Waals surface area contributed by atoms with Crippen molar-refractivity contribution in [3.05, 3.63) is 24.3 Å². The molecule has 0 aromatic heterocycles. The van der Waals surface area contributed by atoms with Crippen molar-refractivity contribution in [3.8, 4) is 11.5 Å². The van der Waals surface area contributed by atoms with Crippen LogP contribution >= 0.6 is 0 Å². The summed E-state index contributed by atoms with van der Waals surface area (Å²) in [6.45, 7) is 0.985.